The number of benzene rings is 1. The second-order valence-electron chi connectivity index (χ2n) is 6.02. The summed E-state index contributed by atoms with van der Waals surface area (Å²) in [5, 5.41) is 10.9. The van der Waals surface area contributed by atoms with Gasteiger partial charge in [0.05, 0.1) is 23.2 Å². The van der Waals surface area contributed by atoms with E-state index in [4.69, 9.17) is 4.74 Å². The van der Waals surface area contributed by atoms with Gasteiger partial charge in [-0.05, 0) is 18.9 Å². The largest absolute Gasteiger partial charge is 0.467 e. The van der Waals surface area contributed by atoms with Crippen molar-refractivity contribution in [1.29, 1.82) is 0 Å². The number of rotatable bonds is 3. The Bertz CT molecular complexity index is 751. The van der Waals surface area contributed by atoms with Crippen LogP contribution in [0.3, 0.4) is 0 Å². The molecular formula is C16H16N2O6. The van der Waals surface area contributed by atoms with E-state index in [1.165, 1.54) is 19.2 Å². The molecule has 0 N–H and O–H groups in total. The van der Waals surface area contributed by atoms with Gasteiger partial charge in [0.2, 0.25) is 0 Å². The Balaban J connectivity index is 2.08. The Labute approximate surface area is 137 Å². The standard InChI is InChI=1S/C16H16N2O6/c1-24-15(21)16(7-3-2-4-8-16)17-13(19)11-6-5-10(18(22)23)9-12(11)14(17)20/h5-6,9H,2-4,7-8H2,1H3. The molecule has 1 aliphatic carbocycles. The summed E-state index contributed by atoms with van der Waals surface area (Å²) in [7, 11) is 1.22. The fourth-order valence-electron chi connectivity index (χ4n) is 3.58. The topological polar surface area (TPSA) is 107 Å². The molecule has 0 bridgehead atoms. The number of nitrogens with zero attached hydrogens (tertiary/aromatic N) is 2. The lowest BCUT2D eigenvalue weighted by molar-refractivity contribution is -0.384. The average Bonchev–Trinajstić information content (AvgIpc) is 2.85. The molecule has 1 fully saturated rings. The molecule has 0 saturated heterocycles. The summed E-state index contributed by atoms with van der Waals surface area (Å²) in [4.78, 5) is 49.2. The van der Waals surface area contributed by atoms with Crippen LogP contribution in [0.4, 0.5) is 5.69 Å². The van der Waals surface area contributed by atoms with Gasteiger partial charge in [-0.3, -0.25) is 24.6 Å². The Morgan fingerprint density at radius 1 is 1.17 bits per heavy atom. The van der Waals surface area contributed by atoms with Crippen molar-refractivity contribution in [1.82, 2.24) is 4.90 Å². The number of carbonyl (C=O) groups excluding carboxylic acids is 3. The summed E-state index contributed by atoms with van der Waals surface area (Å²) in [6.45, 7) is 0. The maximum atomic E-state index is 12.8. The van der Waals surface area contributed by atoms with Gasteiger partial charge in [-0.2, -0.15) is 0 Å². The molecule has 3 rings (SSSR count). The summed E-state index contributed by atoms with van der Waals surface area (Å²) >= 11 is 0. The van der Waals surface area contributed by atoms with Crippen LogP contribution in [0.15, 0.2) is 18.2 Å². The fraction of sp³-hybridized carbons (Fsp3) is 0.438. The van der Waals surface area contributed by atoms with Crippen molar-refractivity contribution >= 4 is 23.5 Å². The highest BCUT2D eigenvalue weighted by molar-refractivity contribution is 6.23. The maximum absolute atomic E-state index is 12.8. The van der Waals surface area contributed by atoms with E-state index in [0.717, 1.165) is 17.4 Å². The second-order valence-corrected chi connectivity index (χ2v) is 6.02. The molecule has 1 aromatic carbocycles. The molecule has 0 aromatic heterocycles. The van der Waals surface area contributed by atoms with E-state index >= 15 is 0 Å². The molecule has 2 aliphatic rings. The first-order valence-electron chi connectivity index (χ1n) is 7.68. The van der Waals surface area contributed by atoms with Gasteiger partial charge in [0.1, 0.15) is 5.54 Å². The highest BCUT2D eigenvalue weighted by atomic mass is 16.6. The number of esters is 1. The first-order chi connectivity index (χ1) is 11.4. The molecule has 0 unspecified atom stereocenters. The monoisotopic (exact) mass is 332 g/mol. The van der Waals surface area contributed by atoms with Crippen molar-refractivity contribution < 1.29 is 24.0 Å². The van der Waals surface area contributed by atoms with Crippen LogP contribution in [0.5, 0.6) is 0 Å². The van der Waals surface area contributed by atoms with Crippen LogP contribution < -0.4 is 0 Å². The molecule has 1 heterocycles. The van der Waals surface area contributed by atoms with Crippen molar-refractivity contribution in [2.24, 2.45) is 0 Å². The molecule has 0 radical (unpaired) electrons. The first kappa shape index (κ1) is 16.1. The summed E-state index contributed by atoms with van der Waals surface area (Å²) in [5.74, 6) is -1.89. The van der Waals surface area contributed by atoms with Gasteiger partial charge in [0.25, 0.3) is 17.5 Å². The molecule has 1 aromatic rings. The second kappa shape index (κ2) is 5.70. The molecule has 8 heteroatoms. The minimum Gasteiger partial charge on any atom is -0.467 e. The van der Waals surface area contributed by atoms with Gasteiger partial charge in [-0.25, -0.2) is 4.79 Å². The molecule has 2 amide bonds. The number of amides is 2. The van der Waals surface area contributed by atoms with E-state index in [2.05, 4.69) is 0 Å². The lowest BCUT2D eigenvalue weighted by atomic mass is 9.80. The van der Waals surface area contributed by atoms with Crippen molar-refractivity contribution in [3.8, 4) is 0 Å². The molecular weight excluding hydrogens is 316 g/mol. The fourth-order valence-corrected chi connectivity index (χ4v) is 3.58. The third-order valence-electron chi connectivity index (χ3n) is 4.76. The zero-order valence-corrected chi connectivity index (χ0v) is 13.1. The Kier molecular flexibility index (Phi) is 3.82. The molecule has 126 valence electrons. The minimum absolute atomic E-state index is 0.0388. The van der Waals surface area contributed by atoms with Crippen LogP contribution in [0.25, 0.3) is 0 Å². The summed E-state index contributed by atoms with van der Waals surface area (Å²) in [5.41, 5.74) is -1.55. The van der Waals surface area contributed by atoms with Crippen LogP contribution in [0.2, 0.25) is 0 Å². The van der Waals surface area contributed by atoms with Gasteiger partial charge in [0.15, 0.2) is 0 Å². The number of imide groups is 1. The average molecular weight is 332 g/mol. The van der Waals surface area contributed by atoms with E-state index < -0.39 is 28.2 Å². The lowest BCUT2D eigenvalue weighted by Gasteiger charge is -2.40. The number of fused-ring (bicyclic) bond motifs is 1. The van der Waals surface area contributed by atoms with Gasteiger partial charge in [0, 0.05) is 12.1 Å². The number of nitro groups is 1. The summed E-state index contributed by atoms with van der Waals surface area (Å²) in [6.07, 6.45) is 2.99. The predicted molar refractivity (Wildman–Crippen MR) is 81.4 cm³/mol. The first-order valence-corrected chi connectivity index (χ1v) is 7.68. The number of ether oxygens (including phenoxy) is 1. The molecule has 24 heavy (non-hydrogen) atoms. The number of methoxy groups -OCH3 is 1. The van der Waals surface area contributed by atoms with Crippen molar-refractivity contribution in [2.75, 3.05) is 7.11 Å². The van der Waals surface area contributed by atoms with Gasteiger partial charge < -0.3 is 4.74 Å². The summed E-state index contributed by atoms with van der Waals surface area (Å²) < 4.78 is 4.87. The quantitative estimate of drug-likeness (QED) is 0.363. The Morgan fingerprint density at radius 2 is 1.79 bits per heavy atom. The zero-order chi connectivity index (χ0) is 17.5. The minimum atomic E-state index is -1.32. The third-order valence-corrected chi connectivity index (χ3v) is 4.76. The number of nitro benzene ring substituents is 1. The van der Waals surface area contributed by atoms with E-state index in [1.54, 1.807) is 0 Å². The van der Waals surface area contributed by atoms with E-state index in [9.17, 15) is 24.5 Å². The van der Waals surface area contributed by atoms with Crippen LogP contribution in [-0.4, -0.2) is 40.3 Å². The summed E-state index contributed by atoms with van der Waals surface area (Å²) in [6, 6.07) is 3.53. The van der Waals surface area contributed by atoms with Gasteiger partial charge in [-0.1, -0.05) is 19.3 Å². The molecule has 1 saturated carbocycles. The van der Waals surface area contributed by atoms with E-state index in [1.807, 2.05) is 0 Å². The predicted octanol–water partition coefficient (Wildman–Crippen LogP) is 2.07. The smallest absolute Gasteiger partial charge is 0.332 e. The SMILES string of the molecule is COC(=O)C1(N2C(=O)c3ccc([N+](=O)[O-])cc3C2=O)CCCCC1. The van der Waals surface area contributed by atoms with Crippen LogP contribution in [0, 0.1) is 10.1 Å². The zero-order valence-electron chi connectivity index (χ0n) is 13.1. The van der Waals surface area contributed by atoms with Gasteiger partial charge in [-0.15, -0.1) is 0 Å². The van der Waals surface area contributed by atoms with E-state index in [0.29, 0.717) is 25.7 Å². The number of hydrogen-bond acceptors (Lipinski definition) is 6. The Hall–Kier alpha value is -2.77. The third kappa shape index (κ3) is 2.17. The molecule has 0 spiro atoms. The molecule has 0 atom stereocenters. The van der Waals surface area contributed by atoms with Crippen molar-refractivity contribution in [2.45, 2.75) is 37.6 Å². The highest BCUT2D eigenvalue weighted by Gasteiger charge is 2.54. The highest BCUT2D eigenvalue weighted by Crippen LogP contribution is 2.40. The molecule has 1 aliphatic heterocycles. The lowest BCUT2D eigenvalue weighted by Crippen LogP contribution is -2.58. The van der Waals surface area contributed by atoms with Crippen molar-refractivity contribution in [3.05, 3.63) is 39.4 Å². The van der Waals surface area contributed by atoms with Crippen LogP contribution in [-0.2, 0) is 9.53 Å². The Morgan fingerprint density at radius 3 is 2.38 bits per heavy atom. The van der Waals surface area contributed by atoms with Crippen LogP contribution in [0.1, 0.15) is 52.8 Å². The van der Waals surface area contributed by atoms with Gasteiger partial charge >= 0.3 is 5.97 Å². The van der Waals surface area contributed by atoms with Crippen LogP contribution >= 0.6 is 0 Å². The number of carbonyl (C=O) groups is 3. The molecule has 8 nitrogen and oxygen atoms in total. The maximum Gasteiger partial charge on any atom is 0.332 e. The normalized spacial score (nSPS) is 19.1. The number of hydrogen-bond donors (Lipinski definition) is 0. The van der Waals surface area contributed by atoms with Crippen molar-refractivity contribution in [3.63, 3.8) is 0 Å². The van der Waals surface area contributed by atoms with E-state index in [-0.39, 0.29) is 16.8 Å². The number of non-ortho nitro benzene ring substituents is 1.